The number of aromatic amines is 1. The van der Waals surface area contributed by atoms with Gasteiger partial charge in [0, 0.05) is 30.5 Å². The molecule has 3 aromatic rings. The number of nitrogens with zero attached hydrogens (tertiary/aromatic N) is 4. The monoisotopic (exact) mass is 353 g/mol. The second kappa shape index (κ2) is 6.62. The van der Waals surface area contributed by atoms with Crippen molar-refractivity contribution in [2.24, 2.45) is 0 Å². The van der Waals surface area contributed by atoms with Crippen molar-refractivity contribution in [2.45, 2.75) is 25.7 Å². The van der Waals surface area contributed by atoms with E-state index in [1.807, 2.05) is 41.9 Å². The number of likely N-dealkylation sites (tertiary alicyclic amines) is 1. The van der Waals surface area contributed by atoms with Crippen LogP contribution in [0.25, 0.3) is 5.69 Å². The zero-order valence-corrected chi connectivity index (χ0v) is 14.4. The predicted octanol–water partition coefficient (Wildman–Crippen LogP) is 1.88. The molecule has 3 heterocycles. The molecule has 1 amide bonds. The number of hydrogen-bond acceptors (Lipinski definition) is 5. The van der Waals surface area contributed by atoms with Crippen LogP contribution in [0.1, 0.15) is 40.7 Å². The number of carbonyl (C=O) groups is 1. The first kappa shape index (κ1) is 16.3. The second-order valence-corrected chi connectivity index (χ2v) is 6.47. The summed E-state index contributed by atoms with van der Waals surface area (Å²) in [5, 5.41) is 10.5. The van der Waals surface area contributed by atoms with Crippen LogP contribution in [0.15, 0.2) is 45.7 Å². The van der Waals surface area contributed by atoms with Crippen LogP contribution >= 0.6 is 0 Å². The van der Waals surface area contributed by atoms with Crippen LogP contribution in [0.2, 0.25) is 0 Å². The number of piperidine rings is 1. The van der Waals surface area contributed by atoms with Crippen LogP contribution in [0, 0.1) is 6.92 Å². The molecule has 0 bridgehead atoms. The molecule has 2 aromatic heterocycles. The third-order valence-electron chi connectivity index (χ3n) is 4.70. The van der Waals surface area contributed by atoms with Gasteiger partial charge in [-0.15, -0.1) is 5.10 Å². The summed E-state index contributed by atoms with van der Waals surface area (Å²) in [4.78, 5) is 25.8. The Morgan fingerprint density at radius 2 is 2.08 bits per heavy atom. The van der Waals surface area contributed by atoms with Gasteiger partial charge in [0.25, 0.3) is 5.91 Å². The molecule has 1 aliphatic heterocycles. The minimum absolute atomic E-state index is 0.0312. The molecule has 8 nitrogen and oxygen atoms in total. The minimum Gasteiger partial charge on any atom is -0.392 e. The molecule has 1 N–H and O–H groups in total. The van der Waals surface area contributed by atoms with Gasteiger partial charge in [0.2, 0.25) is 5.89 Å². The Bertz CT molecular complexity index is 969. The fourth-order valence-corrected chi connectivity index (χ4v) is 3.35. The Morgan fingerprint density at radius 3 is 2.73 bits per heavy atom. The minimum atomic E-state index is -0.562. The molecule has 1 atom stereocenters. The maximum atomic E-state index is 12.8. The molecule has 1 unspecified atom stereocenters. The van der Waals surface area contributed by atoms with Crippen molar-refractivity contribution in [1.29, 1.82) is 0 Å². The highest BCUT2D eigenvalue weighted by molar-refractivity contribution is 5.94. The van der Waals surface area contributed by atoms with Crippen molar-refractivity contribution in [3.63, 3.8) is 0 Å². The van der Waals surface area contributed by atoms with E-state index in [2.05, 4.69) is 15.3 Å². The lowest BCUT2D eigenvalue weighted by Gasteiger charge is -2.31. The van der Waals surface area contributed by atoms with Crippen molar-refractivity contribution < 1.29 is 9.21 Å². The smallest absolute Gasteiger partial charge is 0.392 e. The summed E-state index contributed by atoms with van der Waals surface area (Å²) < 4.78 is 6.88. The Hall–Kier alpha value is -3.16. The van der Waals surface area contributed by atoms with E-state index in [4.69, 9.17) is 4.42 Å². The average molecular weight is 353 g/mol. The summed E-state index contributed by atoms with van der Waals surface area (Å²) in [6.07, 6.45) is 3.43. The van der Waals surface area contributed by atoms with Gasteiger partial charge < -0.3 is 9.32 Å². The van der Waals surface area contributed by atoms with E-state index in [9.17, 15) is 9.59 Å². The third-order valence-corrected chi connectivity index (χ3v) is 4.70. The molecule has 4 rings (SSSR count). The van der Waals surface area contributed by atoms with Gasteiger partial charge in [0.15, 0.2) is 0 Å². The van der Waals surface area contributed by atoms with Crippen LogP contribution < -0.4 is 5.76 Å². The molecule has 1 saturated heterocycles. The Kier molecular flexibility index (Phi) is 4.16. The molecule has 0 spiro atoms. The number of H-pyrrole nitrogens is 1. The molecule has 1 fully saturated rings. The number of amides is 1. The zero-order chi connectivity index (χ0) is 18.1. The number of aryl methyl sites for hydroxylation is 1. The van der Waals surface area contributed by atoms with E-state index in [1.165, 1.54) is 0 Å². The molecule has 1 aliphatic rings. The number of aromatic nitrogens is 4. The van der Waals surface area contributed by atoms with Gasteiger partial charge in [-0.3, -0.25) is 4.79 Å². The van der Waals surface area contributed by atoms with E-state index < -0.39 is 5.76 Å². The Labute approximate surface area is 149 Å². The van der Waals surface area contributed by atoms with Gasteiger partial charge in [0.05, 0.1) is 11.6 Å². The standard InChI is InChI=1S/C18H19N5O3/c1-12-8-9-19-23(12)15-6-4-13(5-7-15)17(24)22-10-2-3-14(11-22)16-20-21-18(25)26-16/h4-9,14H,2-3,10-11H2,1H3,(H,21,25). The number of nitrogens with one attached hydrogen (secondary N) is 1. The van der Waals surface area contributed by atoms with Crippen molar-refractivity contribution in [1.82, 2.24) is 24.9 Å². The summed E-state index contributed by atoms with van der Waals surface area (Å²) in [6.45, 7) is 3.16. The SMILES string of the molecule is Cc1ccnn1-c1ccc(C(=O)N2CCCC(c3n[nH]c(=O)o3)C2)cc1. The first-order valence-electron chi connectivity index (χ1n) is 8.57. The highest BCUT2D eigenvalue weighted by Crippen LogP contribution is 2.26. The normalized spacial score (nSPS) is 17.4. The summed E-state index contributed by atoms with van der Waals surface area (Å²) in [6, 6.07) is 9.34. The topological polar surface area (TPSA) is 97.0 Å². The van der Waals surface area contributed by atoms with Crippen molar-refractivity contribution in [3.05, 3.63) is 64.2 Å². The lowest BCUT2D eigenvalue weighted by molar-refractivity contribution is 0.0698. The molecule has 26 heavy (non-hydrogen) atoms. The summed E-state index contributed by atoms with van der Waals surface area (Å²) in [5.74, 6) is -0.279. The van der Waals surface area contributed by atoms with Crippen molar-refractivity contribution >= 4 is 5.91 Å². The number of hydrogen-bond donors (Lipinski definition) is 1. The van der Waals surface area contributed by atoms with Crippen LogP contribution in [0.4, 0.5) is 0 Å². The van der Waals surface area contributed by atoms with Crippen LogP contribution in [0.3, 0.4) is 0 Å². The number of rotatable bonds is 3. The van der Waals surface area contributed by atoms with E-state index >= 15 is 0 Å². The molecule has 0 radical (unpaired) electrons. The first-order chi connectivity index (χ1) is 12.6. The highest BCUT2D eigenvalue weighted by Gasteiger charge is 2.28. The van der Waals surface area contributed by atoms with Gasteiger partial charge in [-0.1, -0.05) is 0 Å². The Balaban J connectivity index is 1.50. The lowest BCUT2D eigenvalue weighted by atomic mass is 9.97. The van der Waals surface area contributed by atoms with Gasteiger partial charge in [0.1, 0.15) is 0 Å². The molecule has 0 aliphatic carbocycles. The van der Waals surface area contributed by atoms with Gasteiger partial charge >= 0.3 is 5.76 Å². The van der Waals surface area contributed by atoms with Gasteiger partial charge in [-0.25, -0.2) is 14.6 Å². The molecule has 8 heteroatoms. The average Bonchev–Trinajstić information content (AvgIpc) is 3.30. The van der Waals surface area contributed by atoms with Crippen LogP contribution in [0.5, 0.6) is 0 Å². The van der Waals surface area contributed by atoms with Crippen molar-refractivity contribution in [2.75, 3.05) is 13.1 Å². The van der Waals surface area contributed by atoms with Gasteiger partial charge in [-0.05, 0) is 50.1 Å². The summed E-state index contributed by atoms with van der Waals surface area (Å²) >= 11 is 0. The van der Waals surface area contributed by atoms with E-state index in [1.54, 1.807) is 11.1 Å². The molecular weight excluding hydrogens is 334 g/mol. The van der Waals surface area contributed by atoms with E-state index in [-0.39, 0.29) is 11.8 Å². The quantitative estimate of drug-likeness (QED) is 0.775. The number of carbonyl (C=O) groups excluding carboxylic acids is 1. The molecule has 1 aromatic carbocycles. The van der Waals surface area contributed by atoms with E-state index in [0.717, 1.165) is 24.2 Å². The fraction of sp³-hybridized carbons (Fsp3) is 0.333. The summed E-state index contributed by atoms with van der Waals surface area (Å²) in [7, 11) is 0. The fourth-order valence-electron chi connectivity index (χ4n) is 3.35. The zero-order valence-electron chi connectivity index (χ0n) is 14.4. The predicted molar refractivity (Wildman–Crippen MR) is 93.3 cm³/mol. The maximum Gasteiger partial charge on any atom is 0.434 e. The van der Waals surface area contributed by atoms with Gasteiger partial charge in [-0.2, -0.15) is 5.10 Å². The highest BCUT2D eigenvalue weighted by atomic mass is 16.4. The molecule has 0 saturated carbocycles. The first-order valence-corrected chi connectivity index (χ1v) is 8.57. The molecule has 134 valence electrons. The van der Waals surface area contributed by atoms with Crippen LogP contribution in [-0.2, 0) is 0 Å². The lowest BCUT2D eigenvalue weighted by Crippen LogP contribution is -2.39. The molecular formula is C18H19N5O3. The largest absolute Gasteiger partial charge is 0.434 e. The Morgan fingerprint density at radius 1 is 1.27 bits per heavy atom. The number of benzene rings is 1. The maximum absolute atomic E-state index is 12.8. The second-order valence-electron chi connectivity index (χ2n) is 6.47. The third kappa shape index (κ3) is 3.05. The van der Waals surface area contributed by atoms with E-state index in [0.29, 0.717) is 24.5 Å². The van der Waals surface area contributed by atoms with Crippen LogP contribution in [-0.4, -0.2) is 43.9 Å². The van der Waals surface area contributed by atoms with Crippen molar-refractivity contribution in [3.8, 4) is 5.69 Å². The summed E-state index contributed by atoms with van der Waals surface area (Å²) in [5.41, 5.74) is 2.57.